The largest absolute Gasteiger partial charge is 0.472 e. The molecule has 0 aromatic carbocycles. The Morgan fingerprint density at radius 3 is 0.800 bits per heavy atom. The SMILES string of the molecule is CC/C=C\C/C=C\C/C=C\CCCCCCCC(=O)OC(COC(=O)CCCCCCCCCCCCC/C=C\C/C=C\C/C=C\C/C=C\CCCCC)COP(=O)(O)OCC(O)COP(=O)(O)OCC(O)COC(=O)CCCCCCCCCCCCC/C=C\C/C=C\C/C=C\C/C=C\CCCCC. The molecule has 0 aromatic heterocycles. The van der Waals surface area contributed by atoms with Gasteiger partial charge in [0.1, 0.15) is 25.4 Å². The number of unbranched alkanes of at least 4 members (excludes halogenated alkanes) is 33. The van der Waals surface area contributed by atoms with Crippen LogP contribution in [0.2, 0.25) is 0 Å². The summed E-state index contributed by atoms with van der Waals surface area (Å²) in [5.41, 5.74) is 0. The summed E-state index contributed by atoms with van der Waals surface area (Å²) in [6.45, 7) is 2.51. The van der Waals surface area contributed by atoms with Crippen LogP contribution in [0.25, 0.3) is 0 Å². The third kappa shape index (κ3) is 80.5. The molecule has 604 valence electrons. The van der Waals surface area contributed by atoms with Gasteiger partial charge in [-0.3, -0.25) is 32.5 Å². The molecule has 0 amide bonds. The van der Waals surface area contributed by atoms with E-state index in [-0.39, 0.29) is 19.3 Å². The van der Waals surface area contributed by atoms with Gasteiger partial charge in [0, 0.05) is 19.3 Å². The number of aliphatic hydroxyl groups is 2. The lowest BCUT2D eigenvalue weighted by Crippen LogP contribution is -2.30. The molecule has 16 nitrogen and oxygen atoms in total. The van der Waals surface area contributed by atoms with Crippen molar-refractivity contribution >= 4 is 33.6 Å². The number of phosphoric ester groups is 2. The minimum absolute atomic E-state index is 0.0820. The van der Waals surface area contributed by atoms with Gasteiger partial charge in [0.05, 0.1) is 26.4 Å². The molecular formula is C87H150O16P2. The van der Waals surface area contributed by atoms with Gasteiger partial charge in [0.15, 0.2) is 6.10 Å². The van der Waals surface area contributed by atoms with Gasteiger partial charge in [0.25, 0.3) is 0 Å². The number of rotatable bonds is 78. The van der Waals surface area contributed by atoms with Gasteiger partial charge in [-0.1, -0.05) is 315 Å². The number of carbonyl (C=O) groups excluding carboxylic acids is 3. The molecule has 0 bridgehead atoms. The Hall–Kier alpha value is -4.31. The number of hydrogen-bond donors (Lipinski definition) is 4. The average molecular weight is 1510 g/mol. The molecule has 18 heteroatoms. The number of allylic oxidation sites excluding steroid dienone is 22. The fraction of sp³-hybridized carbons (Fsp3) is 0.713. The van der Waals surface area contributed by atoms with Crippen LogP contribution in [-0.4, -0.2) is 95.9 Å². The fourth-order valence-electron chi connectivity index (χ4n) is 11.0. The number of esters is 3. The molecule has 0 fully saturated rings. The minimum atomic E-state index is -4.94. The van der Waals surface area contributed by atoms with Crippen LogP contribution in [0.4, 0.5) is 0 Å². The van der Waals surface area contributed by atoms with E-state index in [1.165, 1.54) is 135 Å². The molecule has 0 radical (unpaired) electrons. The monoisotopic (exact) mass is 1510 g/mol. The second-order valence-electron chi connectivity index (χ2n) is 27.5. The molecule has 0 aliphatic rings. The van der Waals surface area contributed by atoms with Gasteiger partial charge in [0.2, 0.25) is 0 Å². The molecule has 0 spiro atoms. The van der Waals surface area contributed by atoms with Crippen molar-refractivity contribution in [3.63, 3.8) is 0 Å². The van der Waals surface area contributed by atoms with Gasteiger partial charge in [-0.25, -0.2) is 9.13 Å². The molecule has 0 heterocycles. The highest BCUT2D eigenvalue weighted by atomic mass is 31.2. The summed E-state index contributed by atoms with van der Waals surface area (Å²) in [7, 11) is -9.80. The first-order valence-electron chi connectivity index (χ1n) is 41.5. The molecule has 0 saturated carbocycles. The van der Waals surface area contributed by atoms with E-state index in [0.29, 0.717) is 19.3 Å². The zero-order valence-electron chi connectivity index (χ0n) is 66.1. The maximum atomic E-state index is 13.0. The minimum Gasteiger partial charge on any atom is -0.463 e. The van der Waals surface area contributed by atoms with E-state index < -0.39 is 91.5 Å². The van der Waals surface area contributed by atoms with E-state index >= 15 is 0 Å². The molecule has 0 rings (SSSR count). The second-order valence-corrected chi connectivity index (χ2v) is 30.4. The second kappa shape index (κ2) is 79.2. The quantitative estimate of drug-likeness (QED) is 0.0146. The van der Waals surface area contributed by atoms with Crippen LogP contribution in [0.1, 0.15) is 342 Å². The normalized spacial score (nSPS) is 14.6. The van der Waals surface area contributed by atoms with Crippen molar-refractivity contribution in [3.05, 3.63) is 134 Å². The van der Waals surface area contributed by atoms with Crippen molar-refractivity contribution in [3.8, 4) is 0 Å². The van der Waals surface area contributed by atoms with Crippen LogP contribution in [0.5, 0.6) is 0 Å². The third-order valence-electron chi connectivity index (χ3n) is 17.3. The Morgan fingerprint density at radius 1 is 0.276 bits per heavy atom. The Labute approximate surface area is 639 Å². The Bertz CT molecular complexity index is 2440. The highest BCUT2D eigenvalue weighted by Crippen LogP contribution is 2.45. The van der Waals surface area contributed by atoms with Crippen LogP contribution in [0, 0.1) is 0 Å². The first-order valence-corrected chi connectivity index (χ1v) is 44.5. The number of phosphoric acid groups is 2. The predicted octanol–water partition coefficient (Wildman–Crippen LogP) is 24.7. The van der Waals surface area contributed by atoms with Crippen LogP contribution in [0.3, 0.4) is 0 Å². The predicted molar refractivity (Wildman–Crippen MR) is 436 cm³/mol. The number of hydrogen-bond acceptors (Lipinski definition) is 14. The number of aliphatic hydroxyl groups excluding tert-OH is 2. The lowest BCUT2D eigenvalue weighted by atomic mass is 10.0. The van der Waals surface area contributed by atoms with Gasteiger partial charge in [-0.15, -0.1) is 0 Å². The van der Waals surface area contributed by atoms with Gasteiger partial charge < -0.3 is 34.2 Å². The smallest absolute Gasteiger partial charge is 0.463 e. The summed E-state index contributed by atoms with van der Waals surface area (Å²) in [5.74, 6) is -1.60. The van der Waals surface area contributed by atoms with Crippen molar-refractivity contribution in [1.82, 2.24) is 0 Å². The first kappa shape index (κ1) is 101. The van der Waals surface area contributed by atoms with E-state index in [2.05, 4.69) is 154 Å². The first-order chi connectivity index (χ1) is 51.2. The van der Waals surface area contributed by atoms with Crippen molar-refractivity contribution < 1.29 is 75.8 Å². The van der Waals surface area contributed by atoms with Crippen LogP contribution >= 0.6 is 15.6 Å². The fourth-order valence-corrected chi connectivity index (χ4v) is 12.6. The highest BCUT2D eigenvalue weighted by molar-refractivity contribution is 7.47. The molecule has 0 saturated heterocycles. The van der Waals surface area contributed by atoms with Crippen molar-refractivity contribution in [2.45, 2.75) is 360 Å². The molecule has 0 aliphatic heterocycles. The number of carbonyl (C=O) groups is 3. The van der Waals surface area contributed by atoms with E-state index in [1.54, 1.807) is 0 Å². The summed E-state index contributed by atoms with van der Waals surface area (Å²) in [6, 6.07) is 0. The number of ether oxygens (including phenoxy) is 3. The topological polar surface area (TPSA) is 231 Å². The standard InChI is InChI=1S/C87H150O16P2/c1-4-7-10-13-16-19-22-25-28-30-32-34-36-38-40-42-44-46-48-50-53-55-58-61-64-67-70-73-85(90)97-76-82(88)77-99-104(93,94)100-78-83(89)79-101-105(95,96)102-81-84(103-87(92)75-72-69-66-63-60-57-52-27-24-21-18-15-12-9-6-3)80-98-86(91)74-71-68-65-62-59-56-54-51-49-47-45-43-41-39-37-35-33-31-29-26-23-20-17-14-11-8-5-2/h9,12,16-21,25-29,32-35,38-41,52,82-84,88-89H,4-8,10-11,13-15,22-24,30-31,36-37,42-51,53-81H2,1-3H3,(H,93,94)(H,95,96)/b12-9-,19-16-,20-17-,21-18-,28-25-,29-26-,34-32-,35-33-,40-38-,41-39-,52-27-. The lowest BCUT2D eigenvalue weighted by Gasteiger charge is -2.21. The van der Waals surface area contributed by atoms with E-state index in [4.69, 9.17) is 32.3 Å². The summed E-state index contributed by atoms with van der Waals surface area (Å²) < 4.78 is 61.2. The third-order valence-corrected chi connectivity index (χ3v) is 19.2. The van der Waals surface area contributed by atoms with Gasteiger partial charge in [-0.05, 0) is 141 Å². The van der Waals surface area contributed by atoms with Gasteiger partial charge in [-0.2, -0.15) is 0 Å². The van der Waals surface area contributed by atoms with Crippen molar-refractivity contribution in [2.24, 2.45) is 0 Å². The van der Waals surface area contributed by atoms with Crippen LogP contribution < -0.4 is 0 Å². The molecule has 5 atom stereocenters. The average Bonchev–Trinajstić information content (AvgIpc) is 0.930. The Balaban J connectivity index is 4.56. The molecule has 0 aliphatic carbocycles. The molecule has 105 heavy (non-hydrogen) atoms. The summed E-state index contributed by atoms with van der Waals surface area (Å²) in [6.07, 6.45) is 96.4. The van der Waals surface area contributed by atoms with E-state index in [0.717, 1.165) is 148 Å². The van der Waals surface area contributed by atoms with Crippen LogP contribution in [0.15, 0.2) is 134 Å². The highest BCUT2D eigenvalue weighted by Gasteiger charge is 2.29. The van der Waals surface area contributed by atoms with Crippen molar-refractivity contribution in [2.75, 3.05) is 39.6 Å². The van der Waals surface area contributed by atoms with Gasteiger partial charge >= 0.3 is 33.6 Å². The van der Waals surface area contributed by atoms with Crippen LogP contribution in [-0.2, 0) is 55.8 Å². The Kier molecular flexibility index (Phi) is 76.0. The molecule has 5 unspecified atom stereocenters. The maximum absolute atomic E-state index is 13.0. The zero-order chi connectivity index (χ0) is 76.6. The van der Waals surface area contributed by atoms with Crippen molar-refractivity contribution in [1.29, 1.82) is 0 Å². The molecule has 0 aromatic rings. The van der Waals surface area contributed by atoms with E-state index in [9.17, 15) is 43.5 Å². The Morgan fingerprint density at radius 2 is 0.505 bits per heavy atom. The summed E-state index contributed by atoms with van der Waals surface area (Å²) in [4.78, 5) is 58.7. The molecular weight excluding hydrogens is 1360 g/mol. The molecule has 4 N–H and O–H groups in total. The zero-order valence-corrected chi connectivity index (χ0v) is 67.9. The summed E-state index contributed by atoms with van der Waals surface area (Å²) >= 11 is 0. The summed E-state index contributed by atoms with van der Waals surface area (Å²) in [5, 5.41) is 20.7. The maximum Gasteiger partial charge on any atom is 0.472 e. The van der Waals surface area contributed by atoms with E-state index in [1.807, 2.05) is 0 Å². The lowest BCUT2D eigenvalue weighted by molar-refractivity contribution is -0.161.